The zero-order valence-electron chi connectivity index (χ0n) is 8.50. The second-order valence-corrected chi connectivity index (χ2v) is 3.54. The Morgan fingerprint density at radius 3 is 2.69 bits per heavy atom. The van der Waals surface area contributed by atoms with Crippen LogP contribution in [-0.2, 0) is 4.79 Å². The third-order valence-electron chi connectivity index (χ3n) is 2.06. The number of nitrogens with zero attached hydrogens (tertiary/aromatic N) is 2. The minimum Gasteiger partial charge on any atom is -0.313 e. The SMILES string of the molecule is CCC1N=C(CCN(C)C)NC1=O. The highest BCUT2D eigenvalue weighted by molar-refractivity contribution is 6.05. The average Bonchev–Trinajstić information content (AvgIpc) is 2.43. The van der Waals surface area contributed by atoms with Crippen LogP contribution >= 0.6 is 0 Å². The van der Waals surface area contributed by atoms with Crippen LogP contribution in [0.2, 0.25) is 0 Å². The number of amidine groups is 1. The number of carbonyl (C=O) groups is 1. The molecule has 0 aromatic carbocycles. The average molecular weight is 183 g/mol. The molecule has 1 N–H and O–H groups in total. The molecule has 0 spiro atoms. The van der Waals surface area contributed by atoms with Gasteiger partial charge in [-0.05, 0) is 20.5 Å². The van der Waals surface area contributed by atoms with Crippen LogP contribution in [0.15, 0.2) is 4.99 Å². The fraction of sp³-hybridized carbons (Fsp3) is 0.778. The molecule has 1 atom stereocenters. The van der Waals surface area contributed by atoms with Gasteiger partial charge in [0, 0.05) is 13.0 Å². The van der Waals surface area contributed by atoms with Gasteiger partial charge in [0.2, 0.25) is 5.91 Å². The number of amides is 1. The summed E-state index contributed by atoms with van der Waals surface area (Å²) in [4.78, 5) is 17.6. The topological polar surface area (TPSA) is 44.7 Å². The molecule has 0 fully saturated rings. The Balaban J connectivity index is 2.40. The van der Waals surface area contributed by atoms with Gasteiger partial charge in [0.15, 0.2) is 0 Å². The third-order valence-corrected chi connectivity index (χ3v) is 2.06. The van der Waals surface area contributed by atoms with Gasteiger partial charge < -0.3 is 10.2 Å². The van der Waals surface area contributed by atoms with E-state index in [1.165, 1.54) is 0 Å². The van der Waals surface area contributed by atoms with Crippen molar-refractivity contribution in [2.45, 2.75) is 25.8 Å². The van der Waals surface area contributed by atoms with E-state index in [-0.39, 0.29) is 11.9 Å². The molecule has 1 aliphatic rings. The van der Waals surface area contributed by atoms with E-state index in [1.807, 2.05) is 21.0 Å². The zero-order valence-corrected chi connectivity index (χ0v) is 8.50. The summed E-state index contributed by atoms with van der Waals surface area (Å²) in [5.41, 5.74) is 0. The van der Waals surface area contributed by atoms with E-state index in [4.69, 9.17) is 0 Å². The van der Waals surface area contributed by atoms with E-state index in [9.17, 15) is 4.79 Å². The highest BCUT2D eigenvalue weighted by Gasteiger charge is 2.23. The predicted octanol–water partition coefficient (Wildman–Crippen LogP) is 0.245. The Hall–Kier alpha value is -0.900. The standard InChI is InChI=1S/C9H17N3O/c1-4-7-9(13)11-8(10-7)5-6-12(2)3/h7H,4-6H2,1-3H3,(H,10,11,13). The fourth-order valence-electron chi connectivity index (χ4n) is 1.24. The van der Waals surface area contributed by atoms with E-state index in [1.54, 1.807) is 0 Å². The zero-order chi connectivity index (χ0) is 9.84. The normalized spacial score (nSPS) is 22.0. The molecule has 1 aliphatic heterocycles. The van der Waals surface area contributed by atoms with Gasteiger partial charge in [-0.2, -0.15) is 0 Å². The van der Waals surface area contributed by atoms with Crippen LogP contribution in [0, 0.1) is 0 Å². The first-order chi connectivity index (χ1) is 6.13. The maximum absolute atomic E-state index is 11.2. The van der Waals surface area contributed by atoms with Crippen molar-refractivity contribution in [3.63, 3.8) is 0 Å². The molecule has 4 nitrogen and oxygen atoms in total. The molecule has 74 valence electrons. The lowest BCUT2D eigenvalue weighted by Crippen LogP contribution is -2.30. The summed E-state index contributed by atoms with van der Waals surface area (Å²) >= 11 is 0. The number of hydrogen-bond donors (Lipinski definition) is 1. The lowest BCUT2D eigenvalue weighted by atomic mass is 10.2. The Bertz CT molecular complexity index is 223. The fourth-order valence-corrected chi connectivity index (χ4v) is 1.24. The highest BCUT2D eigenvalue weighted by Crippen LogP contribution is 2.05. The summed E-state index contributed by atoms with van der Waals surface area (Å²) in [5.74, 6) is 0.891. The molecule has 1 unspecified atom stereocenters. The molecule has 4 heteroatoms. The summed E-state index contributed by atoms with van der Waals surface area (Å²) in [6.45, 7) is 2.90. The first-order valence-corrected chi connectivity index (χ1v) is 4.65. The summed E-state index contributed by atoms with van der Waals surface area (Å²) in [6, 6.07) is -0.142. The second kappa shape index (κ2) is 4.37. The molecule has 0 aliphatic carbocycles. The van der Waals surface area contributed by atoms with Crippen molar-refractivity contribution in [3.05, 3.63) is 0 Å². The van der Waals surface area contributed by atoms with Crippen LogP contribution in [0.25, 0.3) is 0 Å². The van der Waals surface area contributed by atoms with Gasteiger partial charge in [-0.3, -0.25) is 9.79 Å². The van der Waals surface area contributed by atoms with Gasteiger partial charge in [-0.15, -0.1) is 0 Å². The predicted molar refractivity (Wildman–Crippen MR) is 52.8 cm³/mol. The molecule has 1 amide bonds. The largest absolute Gasteiger partial charge is 0.313 e. The van der Waals surface area contributed by atoms with Gasteiger partial charge in [0.25, 0.3) is 0 Å². The van der Waals surface area contributed by atoms with Crippen molar-refractivity contribution in [2.24, 2.45) is 4.99 Å². The van der Waals surface area contributed by atoms with Crippen molar-refractivity contribution in [1.29, 1.82) is 0 Å². The van der Waals surface area contributed by atoms with Crippen LogP contribution in [-0.4, -0.2) is 43.3 Å². The molecule has 0 aromatic rings. The minimum atomic E-state index is -0.142. The number of hydrogen-bond acceptors (Lipinski definition) is 3. The first kappa shape index (κ1) is 10.2. The Morgan fingerprint density at radius 1 is 1.54 bits per heavy atom. The van der Waals surface area contributed by atoms with Crippen molar-refractivity contribution in [2.75, 3.05) is 20.6 Å². The Labute approximate surface area is 79.0 Å². The quantitative estimate of drug-likeness (QED) is 0.679. The number of rotatable bonds is 4. The van der Waals surface area contributed by atoms with E-state index in [0.717, 1.165) is 25.2 Å². The molecule has 0 aromatic heterocycles. The lowest BCUT2D eigenvalue weighted by molar-refractivity contribution is -0.120. The van der Waals surface area contributed by atoms with Crippen LogP contribution in [0.5, 0.6) is 0 Å². The minimum absolute atomic E-state index is 0.0521. The van der Waals surface area contributed by atoms with Crippen LogP contribution in [0.3, 0.4) is 0 Å². The van der Waals surface area contributed by atoms with Crippen molar-refractivity contribution < 1.29 is 4.79 Å². The number of carbonyl (C=O) groups excluding carboxylic acids is 1. The monoisotopic (exact) mass is 183 g/mol. The van der Waals surface area contributed by atoms with Crippen LogP contribution in [0.1, 0.15) is 19.8 Å². The van der Waals surface area contributed by atoms with Crippen LogP contribution in [0.4, 0.5) is 0 Å². The number of nitrogens with one attached hydrogen (secondary N) is 1. The molecule has 1 rings (SSSR count). The lowest BCUT2D eigenvalue weighted by Gasteiger charge is -2.08. The van der Waals surface area contributed by atoms with Crippen molar-refractivity contribution in [1.82, 2.24) is 10.2 Å². The smallest absolute Gasteiger partial charge is 0.250 e. The molecule has 0 radical (unpaired) electrons. The summed E-state index contributed by atoms with van der Waals surface area (Å²) in [6.07, 6.45) is 1.62. The summed E-state index contributed by atoms with van der Waals surface area (Å²) in [7, 11) is 4.02. The van der Waals surface area contributed by atoms with Gasteiger partial charge in [0.05, 0.1) is 0 Å². The Kier molecular flexibility index (Phi) is 3.42. The van der Waals surface area contributed by atoms with Gasteiger partial charge >= 0.3 is 0 Å². The van der Waals surface area contributed by atoms with Gasteiger partial charge in [0.1, 0.15) is 11.9 Å². The molecule has 13 heavy (non-hydrogen) atoms. The molecule has 0 bridgehead atoms. The molecule has 0 saturated carbocycles. The van der Waals surface area contributed by atoms with Gasteiger partial charge in [-0.1, -0.05) is 6.92 Å². The number of aliphatic imine (C=N–C) groups is 1. The maximum atomic E-state index is 11.2. The second-order valence-electron chi connectivity index (χ2n) is 3.54. The Morgan fingerprint density at radius 2 is 2.23 bits per heavy atom. The van der Waals surface area contributed by atoms with E-state index >= 15 is 0 Å². The summed E-state index contributed by atoms with van der Waals surface area (Å²) < 4.78 is 0. The van der Waals surface area contributed by atoms with E-state index < -0.39 is 0 Å². The highest BCUT2D eigenvalue weighted by atomic mass is 16.2. The maximum Gasteiger partial charge on any atom is 0.250 e. The van der Waals surface area contributed by atoms with Crippen LogP contribution < -0.4 is 5.32 Å². The molecular weight excluding hydrogens is 166 g/mol. The van der Waals surface area contributed by atoms with E-state index in [2.05, 4.69) is 15.2 Å². The van der Waals surface area contributed by atoms with Gasteiger partial charge in [-0.25, -0.2) is 0 Å². The molecular formula is C9H17N3O. The van der Waals surface area contributed by atoms with Crippen molar-refractivity contribution >= 4 is 11.7 Å². The van der Waals surface area contributed by atoms with Crippen molar-refractivity contribution in [3.8, 4) is 0 Å². The summed E-state index contributed by atoms with van der Waals surface area (Å²) in [5, 5.41) is 2.79. The molecule has 0 saturated heterocycles. The molecule has 1 heterocycles. The van der Waals surface area contributed by atoms with E-state index in [0.29, 0.717) is 0 Å². The third kappa shape index (κ3) is 2.81. The first-order valence-electron chi connectivity index (χ1n) is 4.65.